The van der Waals surface area contributed by atoms with Crippen molar-refractivity contribution in [3.63, 3.8) is 0 Å². The summed E-state index contributed by atoms with van der Waals surface area (Å²) in [5.41, 5.74) is -1.56. The molecule has 1 amide bonds. The van der Waals surface area contributed by atoms with Crippen LogP contribution < -0.4 is 5.32 Å². The molecule has 0 aromatic heterocycles. The van der Waals surface area contributed by atoms with E-state index in [2.05, 4.69) is 5.32 Å². The fourth-order valence-corrected chi connectivity index (χ4v) is 4.74. The molecule has 0 spiro atoms. The first-order valence-corrected chi connectivity index (χ1v) is 12.9. The zero-order valence-corrected chi connectivity index (χ0v) is 22.7. The quantitative estimate of drug-likeness (QED) is 0.121. The topological polar surface area (TPSA) is 49.3 Å². The molecule has 1 unspecified atom stereocenters. The largest absolute Gasteiger partial charge is 0.508 e. The number of halogens is 6. The third-order valence-corrected chi connectivity index (χ3v) is 7.10. The van der Waals surface area contributed by atoms with Gasteiger partial charge in [-0.05, 0) is 59.5 Å². The Morgan fingerprint density at radius 1 is 0.769 bits per heavy atom. The van der Waals surface area contributed by atoms with Crippen LogP contribution >= 0.6 is 22.6 Å². The number of hydrogen-bond donors (Lipinski definition) is 2. The molecule has 0 fully saturated rings. The van der Waals surface area contributed by atoms with Gasteiger partial charge in [0.25, 0.3) is 5.91 Å². The number of phenols is 1. The molecular weight excluding hydrogens is 628 g/mol. The van der Waals surface area contributed by atoms with Gasteiger partial charge in [-0.1, -0.05) is 66.7 Å². The maximum Gasteiger partial charge on any atom is 0.416 e. The van der Waals surface area contributed by atoms with E-state index >= 15 is 0 Å². The van der Waals surface area contributed by atoms with Crippen molar-refractivity contribution >= 4 is 28.5 Å². The van der Waals surface area contributed by atoms with Crippen LogP contribution in [0.1, 0.15) is 43.7 Å². The molecule has 0 aliphatic rings. The smallest absolute Gasteiger partial charge is 0.416 e. The summed E-state index contributed by atoms with van der Waals surface area (Å²) in [4.78, 5) is 13.6. The third kappa shape index (κ3) is 6.41. The zero-order chi connectivity index (χ0) is 28.4. The van der Waals surface area contributed by atoms with Crippen molar-refractivity contribution in [1.29, 1.82) is 0 Å². The van der Waals surface area contributed by atoms with Crippen LogP contribution in [0.4, 0.5) is 22.0 Å². The number of alkyl halides is 6. The molecule has 39 heavy (non-hydrogen) atoms. The van der Waals surface area contributed by atoms with Crippen LogP contribution in [-0.4, -0.2) is 11.0 Å². The molecule has 2 N–H and O–H groups in total. The number of phenolic OH excluding ortho intramolecular Hbond substituents is 1. The number of aromatic hydroxyl groups is 1. The Hall–Kier alpha value is -3.47. The molecule has 202 valence electrons. The first kappa shape index (κ1) is 28.5. The van der Waals surface area contributed by atoms with Crippen LogP contribution in [0.25, 0.3) is 0 Å². The summed E-state index contributed by atoms with van der Waals surface area (Å²) < 4.78 is 66.9. The second-order valence-corrected chi connectivity index (χ2v) is 10.5. The lowest BCUT2D eigenvalue weighted by atomic mass is 9.76. The summed E-state index contributed by atoms with van der Waals surface area (Å²) >= 11 is 0.986. The summed E-state index contributed by atoms with van der Waals surface area (Å²) in [6.07, 6.45) is -4.73. The van der Waals surface area contributed by atoms with E-state index < -0.39 is 27.1 Å². The van der Waals surface area contributed by atoms with Gasteiger partial charge in [-0.25, -0.2) is 0 Å². The third-order valence-electron chi connectivity index (χ3n) is 6.48. The molecule has 4 rings (SSSR count). The predicted molar refractivity (Wildman–Crippen MR) is 147 cm³/mol. The van der Waals surface area contributed by atoms with Gasteiger partial charge in [0.2, 0.25) is 0 Å². The predicted octanol–water partition coefficient (Wildman–Crippen LogP) is 8.12. The fourth-order valence-electron chi connectivity index (χ4n) is 4.40. The number of nitrogens with one attached hydrogen (secondary N) is 1. The lowest BCUT2D eigenvalue weighted by Crippen LogP contribution is -2.49. The molecule has 4 aromatic rings. The summed E-state index contributed by atoms with van der Waals surface area (Å²) in [6.45, 7) is 1.65. The average Bonchev–Trinajstić information content (AvgIpc) is 2.89. The van der Waals surface area contributed by atoms with Gasteiger partial charge in [0, 0.05) is 40.1 Å². The number of hydrogen-bond acceptors (Lipinski definition) is 2. The minimum absolute atomic E-state index is 0.0466. The van der Waals surface area contributed by atoms with E-state index in [4.69, 9.17) is 0 Å². The Bertz CT molecular complexity index is 1430. The van der Waals surface area contributed by atoms with Gasteiger partial charge < -0.3 is 10.4 Å². The van der Waals surface area contributed by atoms with Gasteiger partial charge in [0.1, 0.15) is 5.75 Å². The van der Waals surface area contributed by atoms with Crippen LogP contribution in [0.15, 0.2) is 97.1 Å². The van der Waals surface area contributed by atoms with Crippen LogP contribution in [0.5, 0.6) is 5.75 Å². The number of rotatable bonds is 7. The average molecular weight is 651 g/mol. The molecule has 0 aliphatic heterocycles. The van der Waals surface area contributed by atoms with E-state index in [0.29, 0.717) is 11.1 Å². The van der Waals surface area contributed by atoms with E-state index in [0.717, 1.165) is 34.7 Å². The summed E-state index contributed by atoms with van der Waals surface area (Å²) in [6, 6.07) is 22.8. The molecule has 9 heteroatoms. The van der Waals surface area contributed by atoms with Crippen LogP contribution in [0.2, 0.25) is 0 Å². The molecule has 0 aliphatic carbocycles. The molecule has 0 radical (unpaired) electrons. The molecule has 4 aromatic carbocycles. The lowest BCUT2D eigenvalue weighted by molar-refractivity contribution is -0.137. The highest BCUT2D eigenvalue weighted by Gasteiger charge is 2.40. The van der Waals surface area contributed by atoms with Gasteiger partial charge >= 0.3 is 10.1 Å². The number of benzene rings is 4. The molecule has 3 nitrogen and oxygen atoms in total. The standard InChI is InChI=1S/C30H23F5INO2/c1-19-13-14-21(15-26(19)38)27(39)37-28(18-20-7-3-2-4-8-20,22-9-5-11-24(16-22)29(31,32)33)23-10-6-12-25(17-23)30(34,35)36/h2-17,38H,18H2,1H3,(H,37,39). The van der Waals surface area contributed by atoms with Crippen molar-refractivity contribution in [3.05, 3.63) is 136 Å². The van der Waals surface area contributed by atoms with Crippen molar-refractivity contribution in [2.75, 3.05) is 0 Å². The second kappa shape index (κ2) is 11.0. The van der Waals surface area contributed by atoms with Gasteiger partial charge in [-0.2, -0.15) is 22.0 Å². The van der Waals surface area contributed by atoms with E-state index in [1.807, 2.05) is 0 Å². The van der Waals surface area contributed by atoms with Gasteiger partial charge in [-0.3, -0.25) is 4.79 Å². The summed E-state index contributed by atoms with van der Waals surface area (Å²) in [7, 11) is 0. The second-order valence-electron chi connectivity index (χ2n) is 9.18. The van der Waals surface area contributed by atoms with Crippen molar-refractivity contribution in [3.8, 4) is 5.75 Å². The molecular formula is C30H23F5INO2. The van der Waals surface area contributed by atoms with Crippen molar-refractivity contribution in [2.45, 2.75) is 29.0 Å². The molecule has 1 atom stereocenters. The van der Waals surface area contributed by atoms with Crippen LogP contribution in [0, 0.1) is 6.92 Å². The Kier molecular flexibility index (Phi) is 8.02. The summed E-state index contributed by atoms with van der Waals surface area (Å²) in [5.74, 6) is -0.841. The van der Waals surface area contributed by atoms with Crippen LogP contribution in [0.3, 0.4) is 0 Å². The molecule has 0 saturated heterocycles. The maximum atomic E-state index is 14.4. The number of amides is 1. The molecule has 0 bridgehead atoms. The van der Waals surface area contributed by atoms with Crippen molar-refractivity contribution < 1.29 is 31.9 Å². The molecule has 0 saturated carbocycles. The van der Waals surface area contributed by atoms with Crippen molar-refractivity contribution in [2.24, 2.45) is 0 Å². The monoisotopic (exact) mass is 651 g/mol. The molecule has 0 heterocycles. The maximum absolute atomic E-state index is 14.4. The van der Waals surface area contributed by atoms with Gasteiger partial charge in [-0.15, -0.1) is 0 Å². The van der Waals surface area contributed by atoms with E-state index in [1.54, 1.807) is 37.3 Å². The minimum atomic E-state index is -4.68. The van der Waals surface area contributed by atoms with Crippen LogP contribution in [-0.2, 0) is 22.1 Å². The van der Waals surface area contributed by atoms with E-state index in [1.165, 1.54) is 54.6 Å². The Morgan fingerprint density at radius 3 is 1.90 bits per heavy atom. The Labute approximate surface area is 235 Å². The SMILES string of the molecule is Cc1ccc(C(=O)NC(Cc2ccccc2)(c2cccc(C(F)(F)F)c2)c2cccc(C(F)(F)I)c2)cc1O. The highest BCUT2D eigenvalue weighted by atomic mass is 127. The fraction of sp³-hybridized carbons (Fsp3) is 0.167. The van der Waals surface area contributed by atoms with Gasteiger partial charge in [0.15, 0.2) is 0 Å². The van der Waals surface area contributed by atoms with Crippen molar-refractivity contribution in [1.82, 2.24) is 5.32 Å². The van der Waals surface area contributed by atoms with E-state index in [9.17, 15) is 31.9 Å². The Morgan fingerprint density at radius 2 is 1.33 bits per heavy atom. The first-order chi connectivity index (χ1) is 18.3. The number of carbonyl (C=O) groups excluding carboxylic acids is 1. The number of carbonyl (C=O) groups is 1. The first-order valence-electron chi connectivity index (χ1n) is 11.8. The normalized spacial score (nSPS) is 13.5. The minimum Gasteiger partial charge on any atom is -0.508 e. The Balaban J connectivity index is 2.00. The summed E-state index contributed by atoms with van der Waals surface area (Å²) in [5, 5.41) is 13.0. The van der Waals surface area contributed by atoms with Gasteiger partial charge in [0.05, 0.1) is 11.1 Å². The van der Waals surface area contributed by atoms with E-state index in [-0.39, 0.29) is 34.4 Å². The lowest BCUT2D eigenvalue weighted by Gasteiger charge is -2.37. The number of aryl methyl sites for hydroxylation is 1. The highest BCUT2D eigenvalue weighted by Crippen LogP contribution is 2.41. The zero-order valence-electron chi connectivity index (χ0n) is 20.6. The highest BCUT2D eigenvalue weighted by molar-refractivity contribution is 14.1.